The van der Waals surface area contributed by atoms with E-state index in [9.17, 15) is 9.18 Å². The molecule has 4 N–H and O–H groups in total. The number of pyridine rings is 1. The van der Waals surface area contributed by atoms with E-state index in [1.165, 1.54) is 17.2 Å². The van der Waals surface area contributed by atoms with Crippen LogP contribution in [0.15, 0.2) is 54.7 Å². The highest BCUT2D eigenvalue weighted by molar-refractivity contribution is 7.99. The number of carbonyl (C=O) groups is 1. The van der Waals surface area contributed by atoms with Crippen molar-refractivity contribution in [2.24, 2.45) is 5.73 Å². The van der Waals surface area contributed by atoms with Gasteiger partial charge in [-0.3, -0.25) is 14.6 Å². The van der Waals surface area contributed by atoms with Gasteiger partial charge in [-0.05, 0) is 80.0 Å². The molecule has 0 bridgehead atoms. The number of nitrogens with one attached hydrogen (secondary N) is 2. The van der Waals surface area contributed by atoms with Crippen molar-refractivity contribution in [2.75, 3.05) is 37.7 Å². The number of ether oxygens (including phenoxy) is 1. The van der Waals surface area contributed by atoms with Crippen LogP contribution >= 0.6 is 11.8 Å². The van der Waals surface area contributed by atoms with Crippen molar-refractivity contribution in [1.82, 2.24) is 25.4 Å². The lowest BCUT2D eigenvalue weighted by Crippen LogP contribution is -2.53. The zero-order valence-electron chi connectivity index (χ0n) is 27.0. The molecule has 0 unspecified atom stereocenters. The van der Waals surface area contributed by atoms with Crippen LogP contribution < -0.4 is 21.1 Å². The van der Waals surface area contributed by atoms with Gasteiger partial charge in [0.25, 0.3) is 5.91 Å². The Labute approximate surface area is 276 Å². The van der Waals surface area contributed by atoms with Gasteiger partial charge in [0.1, 0.15) is 17.1 Å². The Morgan fingerprint density at radius 1 is 1.02 bits per heavy atom. The molecule has 0 radical (unpaired) electrons. The van der Waals surface area contributed by atoms with E-state index in [2.05, 4.69) is 63.5 Å². The van der Waals surface area contributed by atoms with Gasteiger partial charge in [0.2, 0.25) is 5.88 Å². The molecule has 3 heterocycles. The predicted molar refractivity (Wildman–Crippen MR) is 184 cm³/mol. The van der Waals surface area contributed by atoms with E-state index in [1.54, 1.807) is 0 Å². The second-order valence-corrected chi connectivity index (χ2v) is 14.5. The monoisotopic (exact) mass is 646 g/mol. The van der Waals surface area contributed by atoms with Gasteiger partial charge < -0.3 is 21.1 Å². The van der Waals surface area contributed by atoms with E-state index in [1.807, 2.05) is 30.0 Å². The standard InChI is InChI=1S/C36H47FN6O2S/c1-24-20-43(21-25(2)40-24)22-26-6-11-33(28(16-26)23-42-12-14-46-15-13-42)27-4-3-5-32(17-27)45-36-34(18-29(37)19-39-36)35(44)41-31-9-7-30(38)8-10-31/h3-6,11,16-19,24-25,30-31,40H,7-10,12-15,20-23,38H2,1-2H3,(H,41,44)/t24-,25+,30-,31-. The Bertz CT molecular complexity index is 1480. The second kappa shape index (κ2) is 15.3. The molecule has 2 aromatic carbocycles. The van der Waals surface area contributed by atoms with Crippen LogP contribution in [0.1, 0.15) is 61.0 Å². The number of nitrogens with two attached hydrogens (primary N) is 1. The molecule has 0 spiro atoms. The van der Waals surface area contributed by atoms with Crippen molar-refractivity contribution in [2.45, 2.75) is 76.8 Å². The van der Waals surface area contributed by atoms with E-state index in [0.717, 1.165) is 93.8 Å². The summed E-state index contributed by atoms with van der Waals surface area (Å²) in [6, 6.07) is 17.1. The summed E-state index contributed by atoms with van der Waals surface area (Å²) in [4.78, 5) is 22.5. The number of amides is 1. The Morgan fingerprint density at radius 2 is 1.78 bits per heavy atom. The summed E-state index contributed by atoms with van der Waals surface area (Å²) in [7, 11) is 0. The van der Waals surface area contributed by atoms with E-state index < -0.39 is 5.82 Å². The van der Waals surface area contributed by atoms with E-state index in [4.69, 9.17) is 10.5 Å². The lowest BCUT2D eigenvalue weighted by atomic mass is 9.91. The molecule has 3 aliphatic rings. The molecule has 1 saturated carbocycles. The predicted octanol–water partition coefficient (Wildman–Crippen LogP) is 5.41. The zero-order chi connectivity index (χ0) is 32.0. The van der Waals surface area contributed by atoms with Crippen LogP contribution in [0.4, 0.5) is 4.39 Å². The average molecular weight is 647 g/mol. The van der Waals surface area contributed by atoms with Gasteiger partial charge in [-0.25, -0.2) is 9.37 Å². The fourth-order valence-corrected chi connectivity index (χ4v) is 8.00. The number of benzene rings is 2. The van der Waals surface area contributed by atoms with Gasteiger partial charge in [0, 0.05) is 74.9 Å². The fraction of sp³-hybridized carbons (Fsp3) is 0.500. The Morgan fingerprint density at radius 3 is 2.54 bits per heavy atom. The van der Waals surface area contributed by atoms with Crippen LogP contribution in [0.25, 0.3) is 11.1 Å². The first-order chi connectivity index (χ1) is 22.3. The molecule has 3 fully saturated rings. The molecule has 1 aliphatic carbocycles. The summed E-state index contributed by atoms with van der Waals surface area (Å²) in [5.74, 6) is 1.98. The summed E-state index contributed by atoms with van der Waals surface area (Å²) in [6.07, 6.45) is 4.41. The molecule has 2 atom stereocenters. The van der Waals surface area contributed by atoms with Crippen LogP contribution in [0.2, 0.25) is 0 Å². The molecule has 2 aliphatic heterocycles. The van der Waals surface area contributed by atoms with Gasteiger partial charge >= 0.3 is 0 Å². The lowest BCUT2D eigenvalue weighted by molar-refractivity contribution is 0.0922. The summed E-state index contributed by atoms with van der Waals surface area (Å²) < 4.78 is 20.5. The summed E-state index contributed by atoms with van der Waals surface area (Å²) in [5.41, 5.74) is 10.9. The molecule has 10 heteroatoms. The van der Waals surface area contributed by atoms with Crippen molar-refractivity contribution in [3.05, 3.63) is 77.2 Å². The summed E-state index contributed by atoms with van der Waals surface area (Å²) in [5, 5.41) is 6.67. The SMILES string of the molecule is C[C@@H]1CN(Cc2ccc(-c3cccc(Oc4ncc(F)cc4C(=O)N[C@H]4CC[C@H](N)CC4)c3)c(CN3CCSCC3)c2)C[C@H](C)N1. The van der Waals surface area contributed by atoms with Crippen molar-refractivity contribution < 1.29 is 13.9 Å². The van der Waals surface area contributed by atoms with Gasteiger partial charge in [-0.2, -0.15) is 11.8 Å². The smallest absolute Gasteiger partial charge is 0.257 e. The van der Waals surface area contributed by atoms with Gasteiger partial charge in [-0.1, -0.05) is 30.3 Å². The number of halogens is 1. The first kappa shape index (κ1) is 32.9. The van der Waals surface area contributed by atoms with Gasteiger partial charge in [0.05, 0.1) is 6.20 Å². The maximum absolute atomic E-state index is 14.3. The first-order valence-electron chi connectivity index (χ1n) is 16.7. The Kier molecular flexibility index (Phi) is 10.9. The fourth-order valence-electron chi connectivity index (χ4n) is 7.02. The minimum Gasteiger partial charge on any atom is -0.438 e. The number of hydrogen-bond acceptors (Lipinski definition) is 8. The van der Waals surface area contributed by atoms with Crippen LogP contribution in [-0.2, 0) is 13.1 Å². The van der Waals surface area contributed by atoms with Gasteiger partial charge in [-0.15, -0.1) is 0 Å². The lowest BCUT2D eigenvalue weighted by Gasteiger charge is -2.36. The second-order valence-electron chi connectivity index (χ2n) is 13.3. The molecule has 46 heavy (non-hydrogen) atoms. The highest BCUT2D eigenvalue weighted by Crippen LogP contribution is 2.32. The third kappa shape index (κ3) is 8.66. The highest BCUT2D eigenvalue weighted by Gasteiger charge is 2.24. The third-order valence-corrected chi connectivity index (χ3v) is 10.2. The molecule has 1 aromatic heterocycles. The number of thioether (sulfide) groups is 1. The topological polar surface area (TPSA) is 95.8 Å². The number of nitrogens with zero attached hydrogens (tertiary/aromatic N) is 3. The molecule has 6 rings (SSSR count). The molecular formula is C36H47FN6O2S. The van der Waals surface area contributed by atoms with Crippen LogP contribution in [0.3, 0.4) is 0 Å². The minimum absolute atomic E-state index is 0.00465. The molecular weight excluding hydrogens is 600 g/mol. The summed E-state index contributed by atoms with van der Waals surface area (Å²) >= 11 is 2.02. The van der Waals surface area contributed by atoms with Crippen molar-refractivity contribution in [3.8, 4) is 22.8 Å². The van der Waals surface area contributed by atoms with Crippen LogP contribution in [-0.4, -0.2) is 82.5 Å². The van der Waals surface area contributed by atoms with E-state index in [-0.39, 0.29) is 29.4 Å². The van der Waals surface area contributed by atoms with Crippen molar-refractivity contribution in [1.29, 1.82) is 0 Å². The first-order valence-corrected chi connectivity index (χ1v) is 17.8. The summed E-state index contributed by atoms with van der Waals surface area (Å²) in [6.45, 7) is 10.6. The molecule has 1 amide bonds. The van der Waals surface area contributed by atoms with E-state index >= 15 is 0 Å². The highest BCUT2D eigenvalue weighted by atomic mass is 32.2. The molecule has 8 nitrogen and oxygen atoms in total. The van der Waals surface area contributed by atoms with Crippen LogP contribution in [0.5, 0.6) is 11.6 Å². The number of hydrogen-bond donors (Lipinski definition) is 3. The Balaban J connectivity index is 1.24. The zero-order valence-corrected chi connectivity index (χ0v) is 27.8. The van der Waals surface area contributed by atoms with Crippen molar-refractivity contribution in [3.63, 3.8) is 0 Å². The minimum atomic E-state index is -0.581. The number of rotatable bonds is 9. The maximum atomic E-state index is 14.3. The number of piperazine rings is 1. The van der Waals surface area contributed by atoms with Crippen LogP contribution in [0, 0.1) is 5.82 Å². The van der Waals surface area contributed by atoms with E-state index in [0.29, 0.717) is 17.8 Å². The number of carbonyl (C=O) groups excluding carboxylic acids is 1. The molecule has 2 saturated heterocycles. The third-order valence-electron chi connectivity index (χ3n) is 9.24. The quantitative estimate of drug-likeness (QED) is 0.284. The Hall–Kier alpha value is -3.02. The molecule has 3 aromatic rings. The molecule has 246 valence electrons. The normalized spacial score (nSPS) is 24.4. The number of aromatic nitrogens is 1. The van der Waals surface area contributed by atoms with Crippen molar-refractivity contribution >= 4 is 17.7 Å². The maximum Gasteiger partial charge on any atom is 0.257 e. The average Bonchev–Trinajstić information content (AvgIpc) is 3.03. The van der Waals surface area contributed by atoms with Gasteiger partial charge in [0.15, 0.2) is 0 Å². The largest absolute Gasteiger partial charge is 0.438 e.